The molecule has 0 aliphatic heterocycles. The van der Waals surface area contributed by atoms with E-state index in [2.05, 4.69) is 44.0 Å². The average Bonchev–Trinajstić information content (AvgIpc) is 2.15. The molecule has 14 heavy (non-hydrogen) atoms. The number of amidine groups is 1. The van der Waals surface area contributed by atoms with Crippen molar-refractivity contribution in [2.45, 2.75) is 27.2 Å². The lowest BCUT2D eigenvalue weighted by atomic mass is 9.92. The molecule has 0 fully saturated rings. The monoisotopic (exact) mass is 192 g/mol. The second-order valence-electron chi connectivity index (χ2n) is 4.31. The Balaban J connectivity index is 2.67. The fraction of sp³-hybridized carbons (Fsp3) is 0.583. The summed E-state index contributed by atoms with van der Waals surface area (Å²) in [6.07, 6.45) is 7.38. The van der Waals surface area contributed by atoms with E-state index in [1.807, 2.05) is 0 Å². The van der Waals surface area contributed by atoms with Crippen molar-refractivity contribution in [3.05, 3.63) is 23.8 Å². The lowest BCUT2D eigenvalue weighted by molar-refractivity contribution is 0.661. The lowest BCUT2D eigenvalue weighted by Gasteiger charge is -2.16. The summed E-state index contributed by atoms with van der Waals surface area (Å²) in [5, 5.41) is 0. The van der Waals surface area contributed by atoms with Gasteiger partial charge in [-0.1, -0.05) is 39.0 Å². The molecule has 0 amide bonds. The molecule has 0 aromatic carbocycles. The van der Waals surface area contributed by atoms with E-state index in [1.165, 1.54) is 5.57 Å². The summed E-state index contributed by atoms with van der Waals surface area (Å²) in [5.41, 5.74) is 7.12. The van der Waals surface area contributed by atoms with Crippen LogP contribution in [0.2, 0.25) is 0 Å². The number of nitrogens with two attached hydrogens (primary N) is 1. The first-order chi connectivity index (χ1) is 6.61. The minimum absolute atomic E-state index is 0.510. The van der Waals surface area contributed by atoms with Gasteiger partial charge < -0.3 is 5.73 Å². The zero-order valence-corrected chi connectivity index (χ0v) is 9.33. The van der Waals surface area contributed by atoms with Crippen LogP contribution in [-0.2, 0) is 0 Å². The van der Waals surface area contributed by atoms with Gasteiger partial charge in [0.15, 0.2) is 0 Å². The van der Waals surface area contributed by atoms with E-state index >= 15 is 0 Å². The zero-order chi connectivity index (χ0) is 10.6. The van der Waals surface area contributed by atoms with Gasteiger partial charge in [-0.05, 0) is 23.8 Å². The van der Waals surface area contributed by atoms with Crippen molar-refractivity contribution in [3.63, 3.8) is 0 Å². The predicted molar refractivity (Wildman–Crippen MR) is 62.3 cm³/mol. The van der Waals surface area contributed by atoms with E-state index in [9.17, 15) is 0 Å². The Morgan fingerprint density at radius 3 is 2.93 bits per heavy atom. The molecular weight excluding hydrogens is 172 g/mol. The summed E-state index contributed by atoms with van der Waals surface area (Å²) < 4.78 is 0. The largest absolute Gasteiger partial charge is 0.384 e. The van der Waals surface area contributed by atoms with Gasteiger partial charge in [0.2, 0.25) is 0 Å². The number of hydrogen-bond donors (Lipinski definition) is 1. The topological polar surface area (TPSA) is 38.4 Å². The van der Waals surface area contributed by atoms with Gasteiger partial charge in [-0.25, -0.2) is 0 Å². The normalized spacial score (nSPS) is 22.7. The zero-order valence-electron chi connectivity index (χ0n) is 9.33. The minimum atomic E-state index is 0.510. The summed E-state index contributed by atoms with van der Waals surface area (Å²) in [7, 11) is 0. The molecule has 78 valence electrons. The summed E-state index contributed by atoms with van der Waals surface area (Å²) in [5.74, 6) is 1.80. The number of hydrogen-bond acceptors (Lipinski definition) is 1. The smallest absolute Gasteiger partial charge is 0.121 e. The van der Waals surface area contributed by atoms with Crippen LogP contribution in [0.4, 0.5) is 0 Å². The van der Waals surface area contributed by atoms with Gasteiger partial charge in [-0.3, -0.25) is 4.99 Å². The molecule has 2 N–H and O–H groups in total. The lowest BCUT2D eigenvalue weighted by Crippen LogP contribution is -2.21. The van der Waals surface area contributed by atoms with Gasteiger partial charge >= 0.3 is 0 Å². The summed E-state index contributed by atoms with van der Waals surface area (Å²) in [6, 6.07) is 0. The van der Waals surface area contributed by atoms with E-state index in [-0.39, 0.29) is 0 Å². The third kappa shape index (κ3) is 3.02. The molecule has 0 aromatic heterocycles. The van der Waals surface area contributed by atoms with Crippen molar-refractivity contribution in [2.24, 2.45) is 22.6 Å². The highest BCUT2D eigenvalue weighted by Gasteiger charge is 2.12. The maximum Gasteiger partial charge on any atom is 0.121 e. The summed E-state index contributed by atoms with van der Waals surface area (Å²) in [4.78, 5) is 4.39. The molecule has 0 radical (unpaired) electrons. The van der Waals surface area contributed by atoms with Crippen LogP contribution in [0, 0.1) is 11.8 Å². The number of allylic oxidation sites excluding steroid dienone is 3. The highest BCUT2D eigenvalue weighted by Crippen LogP contribution is 2.19. The van der Waals surface area contributed by atoms with Crippen molar-refractivity contribution in [3.8, 4) is 0 Å². The molecule has 0 saturated carbocycles. The molecule has 0 spiro atoms. The maximum absolute atomic E-state index is 5.93. The third-order valence-electron chi connectivity index (χ3n) is 2.35. The fourth-order valence-electron chi connectivity index (χ4n) is 1.46. The quantitative estimate of drug-likeness (QED) is 0.541. The van der Waals surface area contributed by atoms with Gasteiger partial charge in [0.05, 0.1) is 0 Å². The SMILES string of the molecule is CC(C)CN=C(N)C1=CC=CC[C@@H]1C. The second-order valence-corrected chi connectivity index (χ2v) is 4.31. The number of aliphatic imine (C=N–C) groups is 1. The van der Waals surface area contributed by atoms with Crippen molar-refractivity contribution < 1.29 is 0 Å². The van der Waals surface area contributed by atoms with E-state index in [1.54, 1.807) is 0 Å². The summed E-state index contributed by atoms with van der Waals surface area (Å²) in [6.45, 7) is 7.30. The van der Waals surface area contributed by atoms with Crippen molar-refractivity contribution in [2.75, 3.05) is 6.54 Å². The standard InChI is InChI=1S/C12H20N2/c1-9(2)8-14-12(13)11-7-5-4-6-10(11)3/h4-5,7,9-10H,6,8H2,1-3H3,(H2,13,14)/t10-/m0/s1. The average molecular weight is 192 g/mol. The Morgan fingerprint density at radius 2 is 2.36 bits per heavy atom. The highest BCUT2D eigenvalue weighted by molar-refractivity contribution is 5.97. The van der Waals surface area contributed by atoms with Crippen molar-refractivity contribution in [1.29, 1.82) is 0 Å². The molecular formula is C12H20N2. The first-order valence-electron chi connectivity index (χ1n) is 5.28. The molecule has 1 atom stereocenters. The van der Waals surface area contributed by atoms with Gasteiger partial charge in [0.1, 0.15) is 5.84 Å². The molecule has 0 unspecified atom stereocenters. The molecule has 0 heterocycles. The van der Waals surface area contributed by atoms with Crippen molar-refractivity contribution >= 4 is 5.84 Å². The van der Waals surface area contributed by atoms with Crippen LogP contribution in [0.25, 0.3) is 0 Å². The Labute approximate surface area is 86.6 Å². The number of rotatable bonds is 3. The van der Waals surface area contributed by atoms with E-state index in [4.69, 9.17) is 5.73 Å². The van der Waals surface area contributed by atoms with Crippen LogP contribution >= 0.6 is 0 Å². The van der Waals surface area contributed by atoms with Crippen LogP contribution < -0.4 is 5.73 Å². The molecule has 1 rings (SSSR count). The number of nitrogens with zero attached hydrogens (tertiary/aromatic N) is 1. The molecule has 2 heteroatoms. The molecule has 0 bridgehead atoms. The Hall–Kier alpha value is -1.05. The highest BCUT2D eigenvalue weighted by atomic mass is 14.9. The third-order valence-corrected chi connectivity index (χ3v) is 2.35. The summed E-state index contributed by atoms with van der Waals surface area (Å²) >= 11 is 0. The van der Waals surface area contributed by atoms with Crippen LogP contribution in [0.15, 0.2) is 28.8 Å². The Bertz CT molecular complexity index is 272. The van der Waals surface area contributed by atoms with E-state index in [0.717, 1.165) is 18.8 Å². The first-order valence-corrected chi connectivity index (χ1v) is 5.28. The maximum atomic E-state index is 5.93. The molecule has 1 aliphatic carbocycles. The second kappa shape index (κ2) is 4.99. The molecule has 2 nitrogen and oxygen atoms in total. The van der Waals surface area contributed by atoms with E-state index in [0.29, 0.717) is 11.8 Å². The first kappa shape index (κ1) is 11.0. The van der Waals surface area contributed by atoms with Gasteiger partial charge in [0.25, 0.3) is 0 Å². The van der Waals surface area contributed by atoms with Crippen LogP contribution in [-0.4, -0.2) is 12.4 Å². The fourth-order valence-corrected chi connectivity index (χ4v) is 1.46. The Morgan fingerprint density at radius 1 is 1.64 bits per heavy atom. The molecule has 0 aromatic rings. The molecule has 1 aliphatic rings. The van der Waals surface area contributed by atoms with Gasteiger partial charge in [-0.15, -0.1) is 0 Å². The predicted octanol–water partition coefficient (Wildman–Crippen LogP) is 2.52. The minimum Gasteiger partial charge on any atom is -0.384 e. The van der Waals surface area contributed by atoms with E-state index < -0.39 is 0 Å². The van der Waals surface area contributed by atoms with Gasteiger partial charge in [-0.2, -0.15) is 0 Å². The van der Waals surface area contributed by atoms with Crippen LogP contribution in [0.5, 0.6) is 0 Å². The van der Waals surface area contributed by atoms with Crippen LogP contribution in [0.1, 0.15) is 27.2 Å². The molecule has 0 saturated heterocycles. The van der Waals surface area contributed by atoms with Crippen LogP contribution in [0.3, 0.4) is 0 Å². The van der Waals surface area contributed by atoms with Gasteiger partial charge in [0, 0.05) is 6.54 Å². The Kier molecular flexibility index (Phi) is 3.93. The van der Waals surface area contributed by atoms with Crippen molar-refractivity contribution in [1.82, 2.24) is 0 Å².